The van der Waals surface area contributed by atoms with Crippen molar-refractivity contribution < 1.29 is 14.3 Å². The number of halogens is 1. The van der Waals surface area contributed by atoms with E-state index in [0.29, 0.717) is 31.0 Å². The van der Waals surface area contributed by atoms with Crippen molar-refractivity contribution in [3.63, 3.8) is 0 Å². The number of benzene rings is 1. The molecule has 4 rings (SSSR count). The molecule has 0 radical (unpaired) electrons. The van der Waals surface area contributed by atoms with Crippen LogP contribution in [-0.2, 0) is 4.79 Å². The Bertz CT molecular complexity index is 815. The molecule has 162 valence electrons. The van der Waals surface area contributed by atoms with Gasteiger partial charge < -0.3 is 20.2 Å². The Morgan fingerprint density at radius 2 is 1.93 bits per heavy atom. The van der Waals surface area contributed by atoms with Gasteiger partial charge in [-0.25, -0.2) is 14.4 Å². The zero-order valence-corrected chi connectivity index (χ0v) is 17.5. The lowest BCUT2D eigenvalue weighted by molar-refractivity contribution is -0.120. The van der Waals surface area contributed by atoms with Crippen molar-refractivity contribution in [2.24, 2.45) is 5.92 Å². The van der Waals surface area contributed by atoms with Gasteiger partial charge in [0.15, 0.2) is 0 Å². The van der Waals surface area contributed by atoms with E-state index >= 15 is 0 Å². The highest BCUT2D eigenvalue weighted by Gasteiger charge is 2.23. The number of rotatable bonds is 6. The number of aliphatic hydroxyl groups is 1. The number of aliphatic hydroxyl groups excluding tert-OH is 1. The molecule has 1 amide bonds. The first-order chi connectivity index (χ1) is 14.5. The molecule has 1 aliphatic carbocycles. The predicted molar refractivity (Wildman–Crippen MR) is 115 cm³/mol. The SMILES string of the molecule is CC1CC1.CC1CN(c2cc(NCC(O)c3ccc(F)cc3)ncn2)CCN1C=O. The Labute approximate surface area is 176 Å². The fourth-order valence-electron chi connectivity index (χ4n) is 3.12. The molecule has 30 heavy (non-hydrogen) atoms. The summed E-state index contributed by atoms with van der Waals surface area (Å²) in [6.07, 6.45) is 4.55. The zero-order valence-electron chi connectivity index (χ0n) is 17.5. The van der Waals surface area contributed by atoms with E-state index in [2.05, 4.69) is 27.1 Å². The van der Waals surface area contributed by atoms with Gasteiger partial charge in [-0.2, -0.15) is 0 Å². The molecule has 1 aliphatic heterocycles. The lowest BCUT2D eigenvalue weighted by Gasteiger charge is -2.38. The van der Waals surface area contributed by atoms with Crippen LogP contribution in [0.25, 0.3) is 0 Å². The molecule has 7 nitrogen and oxygen atoms in total. The van der Waals surface area contributed by atoms with Gasteiger partial charge in [-0.15, -0.1) is 0 Å². The predicted octanol–water partition coefficient (Wildman–Crippen LogP) is 2.84. The topological polar surface area (TPSA) is 81.6 Å². The normalized spacial score (nSPS) is 19.5. The van der Waals surface area contributed by atoms with E-state index < -0.39 is 6.10 Å². The maximum Gasteiger partial charge on any atom is 0.210 e. The Balaban J connectivity index is 0.000000572. The molecule has 2 heterocycles. The summed E-state index contributed by atoms with van der Waals surface area (Å²) >= 11 is 0. The minimum absolute atomic E-state index is 0.118. The number of nitrogens with one attached hydrogen (secondary N) is 1. The number of aromatic nitrogens is 2. The minimum Gasteiger partial charge on any atom is -0.387 e. The van der Waals surface area contributed by atoms with Gasteiger partial charge >= 0.3 is 0 Å². The van der Waals surface area contributed by atoms with Crippen LogP contribution in [0.5, 0.6) is 0 Å². The van der Waals surface area contributed by atoms with E-state index in [0.717, 1.165) is 18.1 Å². The second kappa shape index (κ2) is 10.3. The third kappa shape index (κ3) is 6.38. The van der Waals surface area contributed by atoms with Crippen LogP contribution in [0.1, 0.15) is 38.4 Å². The molecule has 1 aromatic carbocycles. The van der Waals surface area contributed by atoms with Gasteiger partial charge in [-0.3, -0.25) is 4.79 Å². The molecule has 1 saturated heterocycles. The summed E-state index contributed by atoms with van der Waals surface area (Å²) in [4.78, 5) is 23.3. The molecule has 0 spiro atoms. The van der Waals surface area contributed by atoms with Gasteiger partial charge in [0.05, 0.1) is 6.10 Å². The number of hydrogen-bond donors (Lipinski definition) is 2. The van der Waals surface area contributed by atoms with Gasteiger partial charge in [0, 0.05) is 38.3 Å². The summed E-state index contributed by atoms with van der Waals surface area (Å²) in [7, 11) is 0. The lowest BCUT2D eigenvalue weighted by Crippen LogP contribution is -2.51. The van der Waals surface area contributed by atoms with E-state index in [1.165, 1.54) is 31.3 Å². The van der Waals surface area contributed by atoms with Gasteiger partial charge in [0.25, 0.3) is 0 Å². The number of nitrogens with zero attached hydrogens (tertiary/aromatic N) is 4. The Morgan fingerprint density at radius 3 is 2.53 bits per heavy atom. The molecule has 2 aliphatic rings. The largest absolute Gasteiger partial charge is 0.387 e. The van der Waals surface area contributed by atoms with Gasteiger partial charge in [-0.05, 0) is 30.5 Å². The lowest BCUT2D eigenvalue weighted by atomic mass is 10.1. The standard InChI is InChI=1S/C18H22FN5O2.C4H8/c1-13-10-23(6-7-24(13)12-25)18-8-17(21-11-22-18)20-9-16(26)14-2-4-15(19)5-3-14;1-4-2-3-4/h2-5,8,11-13,16,26H,6-7,9-10H2,1H3,(H,20,21,22);4H,2-3H2,1H3. The Hall–Kier alpha value is -2.74. The van der Waals surface area contributed by atoms with Crippen molar-refractivity contribution in [2.45, 2.75) is 38.8 Å². The molecule has 2 fully saturated rings. The fraction of sp³-hybridized carbons (Fsp3) is 0.500. The van der Waals surface area contributed by atoms with Crippen LogP contribution in [0, 0.1) is 11.7 Å². The van der Waals surface area contributed by atoms with E-state index in [-0.39, 0.29) is 18.4 Å². The quantitative estimate of drug-likeness (QED) is 0.706. The molecular weight excluding hydrogens is 385 g/mol. The van der Waals surface area contributed by atoms with E-state index in [1.807, 2.05) is 13.0 Å². The molecule has 1 saturated carbocycles. The molecule has 2 atom stereocenters. The van der Waals surface area contributed by atoms with Crippen molar-refractivity contribution in [3.8, 4) is 0 Å². The molecule has 2 aromatic rings. The smallest absolute Gasteiger partial charge is 0.210 e. The van der Waals surface area contributed by atoms with Crippen LogP contribution >= 0.6 is 0 Å². The van der Waals surface area contributed by atoms with Crippen LogP contribution in [-0.4, -0.2) is 58.6 Å². The summed E-state index contributed by atoms with van der Waals surface area (Å²) in [5.41, 5.74) is 0.631. The summed E-state index contributed by atoms with van der Waals surface area (Å²) in [6, 6.07) is 7.69. The first kappa shape index (κ1) is 22.0. The molecule has 0 bridgehead atoms. The molecule has 8 heteroatoms. The summed E-state index contributed by atoms with van der Waals surface area (Å²) < 4.78 is 13.0. The highest BCUT2D eigenvalue weighted by atomic mass is 19.1. The average Bonchev–Trinajstić information content (AvgIpc) is 3.55. The molecule has 2 unspecified atom stereocenters. The molecule has 2 N–H and O–H groups in total. The fourth-order valence-corrected chi connectivity index (χ4v) is 3.12. The summed E-state index contributed by atoms with van der Waals surface area (Å²) in [5.74, 6) is 2.12. The number of piperazine rings is 1. The van der Waals surface area contributed by atoms with Crippen molar-refractivity contribution in [1.29, 1.82) is 0 Å². The van der Waals surface area contributed by atoms with Crippen molar-refractivity contribution in [2.75, 3.05) is 36.4 Å². The second-order valence-electron chi connectivity index (χ2n) is 8.03. The third-order valence-corrected chi connectivity index (χ3v) is 5.39. The van der Waals surface area contributed by atoms with Crippen LogP contribution in [0.4, 0.5) is 16.0 Å². The van der Waals surface area contributed by atoms with Gasteiger partial charge in [0.1, 0.15) is 23.8 Å². The number of hydrogen-bond acceptors (Lipinski definition) is 6. The van der Waals surface area contributed by atoms with Crippen LogP contribution in [0.15, 0.2) is 36.7 Å². The van der Waals surface area contributed by atoms with E-state index in [4.69, 9.17) is 0 Å². The minimum atomic E-state index is -0.773. The highest BCUT2D eigenvalue weighted by Crippen LogP contribution is 2.26. The van der Waals surface area contributed by atoms with Gasteiger partial charge in [-0.1, -0.05) is 31.9 Å². The maximum atomic E-state index is 13.0. The van der Waals surface area contributed by atoms with E-state index in [9.17, 15) is 14.3 Å². The van der Waals surface area contributed by atoms with Crippen LogP contribution in [0.2, 0.25) is 0 Å². The number of carbonyl (C=O) groups is 1. The molecular formula is C22H30FN5O2. The summed E-state index contributed by atoms with van der Waals surface area (Å²) in [6.45, 7) is 6.59. The second-order valence-corrected chi connectivity index (χ2v) is 8.03. The monoisotopic (exact) mass is 415 g/mol. The molecule has 1 aromatic heterocycles. The third-order valence-electron chi connectivity index (χ3n) is 5.39. The van der Waals surface area contributed by atoms with Gasteiger partial charge in [0.2, 0.25) is 6.41 Å². The van der Waals surface area contributed by atoms with Crippen LogP contribution < -0.4 is 10.2 Å². The van der Waals surface area contributed by atoms with Crippen molar-refractivity contribution >= 4 is 18.0 Å². The maximum absolute atomic E-state index is 13.0. The number of carbonyl (C=O) groups excluding carboxylic acids is 1. The summed E-state index contributed by atoms with van der Waals surface area (Å²) in [5, 5.41) is 13.3. The Kier molecular flexibility index (Phi) is 7.57. The Morgan fingerprint density at radius 1 is 1.23 bits per heavy atom. The highest BCUT2D eigenvalue weighted by molar-refractivity contribution is 5.52. The van der Waals surface area contributed by atoms with Crippen molar-refractivity contribution in [1.82, 2.24) is 14.9 Å². The number of amides is 1. The zero-order chi connectivity index (χ0) is 21.5. The van der Waals surface area contributed by atoms with E-state index in [1.54, 1.807) is 17.0 Å². The number of anilines is 2. The first-order valence-electron chi connectivity index (χ1n) is 10.4. The van der Waals surface area contributed by atoms with Crippen molar-refractivity contribution in [3.05, 3.63) is 48.0 Å². The average molecular weight is 416 g/mol. The van der Waals surface area contributed by atoms with Crippen LogP contribution in [0.3, 0.4) is 0 Å². The first-order valence-corrected chi connectivity index (χ1v) is 10.4.